The maximum absolute atomic E-state index is 13.3. The first-order valence-corrected chi connectivity index (χ1v) is 10.7. The van der Waals surface area contributed by atoms with Gasteiger partial charge in [-0.15, -0.1) is 11.3 Å². The van der Waals surface area contributed by atoms with E-state index in [2.05, 4.69) is 12.2 Å². The molecule has 1 heterocycles. The number of aromatic nitrogens is 1. The van der Waals surface area contributed by atoms with Gasteiger partial charge in [-0.1, -0.05) is 49.4 Å². The van der Waals surface area contributed by atoms with Crippen molar-refractivity contribution in [1.29, 1.82) is 5.26 Å². The molecule has 1 N–H and O–H groups in total. The molecule has 1 aromatic heterocycles. The zero-order valence-corrected chi connectivity index (χ0v) is 18.2. The van der Waals surface area contributed by atoms with Crippen molar-refractivity contribution in [3.8, 4) is 11.8 Å². The number of ether oxygens (including phenoxy) is 1. The van der Waals surface area contributed by atoms with Crippen LogP contribution in [0.2, 0.25) is 0 Å². The molecular weight excluding hydrogens is 410 g/mol. The molecule has 0 spiro atoms. The number of hydrogen-bond acceptors (Lipinski definition) is 5. The summed E-state index contributed by atoms with van der Waals surface area (Å²) in [5.41, 5.74) is 2.23. The Labute approximate surface area is 184 Å². The number of amides is 1. The SMILES string of the molecule is CCc1ccc(-n2c(=O)/c(=C\c3ccccc3)s/c2=C(/C#N)C(=O)NCCOC)cc1. The predicted molar refractivity (Wildman–Crippen MR) is 122 cm³/mol. The lowest BCUT2D eigenvalue weighted by Crippen LogP contribution is -2.34. The number of methoxy groups -OCH3 is 1. The lowest BCUT2D eigenvalue weighted by molar-refractivity contribution is -0.115. The van der Waals surface area contributed by atoms with Crippen molar-refractivity contribution >= 4 is 28.9 Å². The average Bonchev–Trinajstić information content (AvgIpc) is 3.10. The number of carbonyl (C=O) groups excluding carboxylic acids is 1. The minimum atomic E-state index is -0.536. The van der Waals surface area contributed by atoms with Crippen molar-refractivity contribution in [1.82, 2.24) is 9.88 Å². The highest BCUT2D eigenvalue weighted by Crippen LogP contribution is 2.08. The van der Waals surface area contributed by atoms with E-state index in [0.717, 1.165) is 28.9 Å². The van der Waals surface area contributed by atoms with Crippen molar-refractivity contribution in [3.63, 3.8) is 0 Å². The highest BCUT2D eigenvalue weighted by Gasteiger charge is 2.16. The topological polar surface area (TPSA) is 84.1 Å². The monoisotopic (exact) mass is 433 g/mol. The van der Waals surface area contributed by atoms with Crippen LogP contribution in [0.25, 0.3) is 17.3 Å². The highest BCUT2D eigenvalue weighted by molar-refractivity contribution is 7.07. The third-order valence-electron chi connectivity index (χ3n) is 4.67. The van der Waals surface area contributed by atoms with Crippen molar-refractivity contribution in [2.24, 2.45) is 0 Å². The summed E-state index contributed by atoms with van der Waals surface area (Å²) in [6, 6.07) is 19.0. The van der Waals surface area contributed by atoms with E-state index in [9.17, 15) is 14.9 Å². The lowest BCUT2D eigenvalue weighted by atomic mass is 10.1. The molecule has 0 bridgehead atoms. The maximum Gasteiger partial charge on any atom is 0.273 e. The molecular formula is C24H23N3O3S. The fourth-order valence-corrected chi connectivity index (χ4v) is 4.12. The van der Waals surface area contributed by atoms with E-state index < -0.39 is 5.91 Å². The number of rotatable bonds is 7. The van der Waals surface area contributed by atoms with Crippen LogP contribution in [0.15, 0.2) is 59.4 Å². The Morgan fingerprint density at radius 1 is 1.19 bits per heavy atom. The van der Waals surface area contributed by atoms with Gasteiger partial charge in [-0.05, 0) is 35.8 Å². The summed E-state index contributed by atoms with van der Waals surface area (Å²) in [5.74, 6) is -0.536. The van der Waals surface area contributed by atoms with Crippen LogP contribution in [0.1, 0.15) is 18.1 Å². The largest absolute Gasteiger partial charge is 0.383 e. The van der Waals surface area contributed by atoms with Gasteiger partial charge in [0.15, 0.2) is 5.57 Å². The molecule has 0 fully saturated rings. The van der Waals surface area contributed by atoms with Gasteiger partial charge in [0.25, 0.3) is 11.5 Å². The van der Waals surface area contributed by atoms with Crippen molar-refractivity contribution in [3.05, 3.63) is 85.3 Å². The third kappa shape index (κ3) is 5.18. The molecule has 0 saturated carbocycles. The molecule has 0 aliphatic carbocycles. The zero-order chi connectivity index (χ0) is 22.2. The van der Waals surface area contributed by atoms with Crippen LogP contribution in [-0.2, 0) is 16.0 Å². The molecule has 1 amide bonds. The second-order valence-electron chi connectivity index (χ2n) is 6.72. The van der Waals surface area contributed by atoms with Gasteiger partial charge in [-0.25, -0.2) is 0 Å². The van der Waals surface area contributed by atoms with Crippen LogP contribution in [0.4, 0.5) is 0 Å². The summed E-state index contributed by atoms with van der Waals surface area (Å²) in [5, 5.41) is 12.4. The smallest absolute Gasteiger partial charge is 0.273 e. The Hall–Kier alpha value is -3.47. The summed E-state index contributed by atoms with van der Waals surface area (Å²) in [4.78, 5) is 26.0. The maximum atomic E-state index is 13.3. The minimum Gasteiger partial charge on any atom is -0.383 e. The van der Waals surface area contributed by atoms with Gasteiger partial charge in [0.05, 0.1) is 16.8 Å². The van der Waals surface area contributed by atoms with E-state index in [4.69, 9.17) is 4.74 Å². The number of nitrogens with zero attached hydrogens (tertiary/aromatic N) is 2. The Bertz CT molecular complexity index is 1270. The first-order valence-electron chi connectivity index (χ1n) is 9.88. The number of carbonyl (C=O) groups is 1. The first kappa shape index (κ1) is 22.2. The van der Waals surface area contributed by atoms with Gasteiger partial charge in [0.2, 0.25) is 0 Å². The van der Waals surface area contributed by atoms with Crippen LogP contribution in [0.3, 0.4) is 0 Å². The Balaban J connectivity index is 2.26. The molecule has 158 valence electrons. The standard InChI is InChI=1S/C24H23N3O3S/c1-3-17-9-11-19(12-10-17)27-23(29)21(15-18-7-5-4-6-8-18)31-24(27)20(16-25)22(28)26-13-14-30-2/h4-12,15H,3,13-14H2,1-2H3,(H,26,28)/b21-15+,24-20-. The van der Waals surface area contributed by atoms with Crippen LogP contribution < -0.4 is 20.1 Å². The van der Waals surface area contributed by atoms with Crippen LogP contribution >= 0.6 is 11.3 Å². The van der Waals surface area contributed by atoms with Gasteiger partial charge in [0.1, 0.15) is 10.7 Å². The lowest BCUT2D eigenvalue weighted by Gasteiger charge is -2.06. The quantitative estimate of drug-likeness (QED) is 0.575. The van der Waals surface area contributed by atoms with E-state index in [1.807, 2.05) is 60.7 Å². The molecule has 0 aliphatic heterocycles. The average molecular weight is 434 g/mol. The van der Waals surface area contributed by atoms with Crippen LogP contribution in [0.5, 0.6) is 0 Å². The van der Waals surface area contributed by atoms with Crippen molar-refractivity contribution < 1.29 is 9.53 Å². The van der Waals surface area contributed by atoms with E-state index in [1.54, 1.807) is 6.08 Å². The molecule has 3 rings (SSSR count). The van der Waals surface area contributed by atoms with E-state index >= 15 is 0 Å². The van der Waals surface area contributed by atoms with Crippen LogP contribution in [-0.4, -0.2) is 30.7 Å². The fraction of sp³-hybridized carbons (Fsp3) is 0.208. The second kappa shape index (κ2) is 10.5. The van der Waals surface area contributed by atoms with Gasteiger partial charge in [0, 0.05) is 13.7 Å². The summed E-state index contributed by atoms with van der Waals surface area (Å²) < 4.78 is 7.13. The summed E-state index contributed by atoms with van der Waals surface area (Å²) in [6.45, 7) is 2.65. The zero-order valence-electron chi connectivity index (χ0n) is 17.4. The second-order valence-corrected chi connectivity index (χ2v) is 7.75. The molecule has 0 atom stereocenters. The molecule has 2 aromatic carbocycles. The molecule has 0 aliphatic rings. The number of benzene rings is 2. The number of nitriles is 1. The van der Waals surface area contributed by atoms with E-state index in [-0.39, 0.29) is 17.7 Å². The van der Waals surface area contributed by atoms with E-state index in [1.165, 1.54) is 11.7 Å². The number of aryl methyl sites for hydroxylation is 1. The number of hydrogen-bond donors (Lipinski definition) is 1. The van der Waals surface area contributed by atoms with Gasteiger partial charge < -0.3 is 10.1 Å². The predicted octanol–water partition coefficient (Wildman–Crippen LogP) is 1.73. The highest BCUT2D eigenvalue weighted by atomic mass is 32.1. The fourth-order valence-electron chi connectivity index (χ4n) is 3.02. The third-order valence-corrected chi connectivity index (χ3v) is 5.76. The minimum absolute atomic E-state index is 0.106. The van der Waals surface area contributed by atoms with Gasteiger partial charge >= 0.3 is 0 Å². The van der Waals surface area contributed by atoms with Crippen molar-refractivity contribution in [2.45, 2.75) is 13.3 Å². The Morgan fingerprint density at radius 3 is 2.52 bits per heavy atom. The molecule has 0 saturated heterocycles. The normalized spacial score (nSPS) is 12.4. The van der Waals surface area contributed by atoms with Gasteiger partial charge in [-0.3, -0.25) is 14.2 Å². The van der Waals surface area contributed by atoms with Crippen LogP contribution in [0, 0.1) is 11.3 Å². The van der Waals surface area contributed by atoms with E-state index in [0.29, 0.717) is 21.5 Å². The molecule has 6 nitrogen and oxygen atoms in total. The summed E-state index contributed by atoms with van der Waals surface area (Å²) in [6.07, 6.45) is 2.64. The first-order chi connectivity index (χ1) is 15.1. The summed E-state index contributed by atoms with van der Waals surface area (Å²) in [7, 11) is 1.53. The molecule has 7 heteroatoms. The summed E-state index contributed by atoms with van der Waals surface area (Å²) >= 11 is 1.13. The number of nitrogens with one attached hydrogen (secondary N) is 1. The van der Waals surface area contributed by atoms with Crippen molar-refractivity contribution in [2.75, 3.05) is 20.3 Å². The van der Waals surface area contributed by atoms with Gasteiger partial charge in [-0.2, -0.15) is 5.26 Å². The molecule has 31 heavy (non-hydrogen) atoms. The Kier molecular flexibility index (Phi) is 7.55. The molecule has 0 radical (unpaired) electrons. The number of thiazole rings is 1. The Morgan fingerprint density at radius 2 is 1.90 bits per heavy atom. The molecule has 0 unspecified atom stereocenters. The molecule has 3 aromatic rings.